The molecule has 1 aliphatic heterocycles. The highest BCUT2D eigenvalue weighted by atomic mass is 32.2. The van der Waals surface area contributed by atoms with E-state index in [0.29, 0.717) is 12.1 Å². The van der Waals surface area contributed by atoms with Crippen molar-refractivity contribution in [2.75, 3.05) is 30.6 Å². The van der Waals surface area contributed by atoms with E-state index in [-0.39, 0.29) is 23.3 Å². The van der Waals surface area contributed by atoms with E-state index >= 15 is 0 Å². The Balaban J connectivity index is 1.14. The van der Waals surface area contributed by atoms with Crippen LogP contribution in [0.15, 0.2) is 88.5 Å². The van der Waals surface area contributed by atoms with Gasteiger partial charge in [-0.1, -0.05) is 60.7 Å². The molecule has 5 rings (SSSR count). The number of nitrogens with one attached hydrogen (secondary N) is 2. The van der Waals surface area contributed by atoms with Gasteiger partial charge < -0.3 is 9.64 Å². The van der Waals surface area contributed by atoms with Crippen molar-refractivity contribution in [2.45, 2.75) is 44.4 Å². The van der Waals surface area contributed by atoms with E-state index in [1.807, 2.05) is 12.1 Å². The number of rotatable bonds is 11. The first-order valence-electron chi connectivity index (χ1n) is 14.0. The lowest BCUT2D eigenvalue weighted by Crippen LogP contribution is -2.38. The highest BCUT2D eigenvalue weighted by Gasteiger charge is 2.24. The second kappa shape index (κ2) is 12.8. The van der Waals surface area contributed by atoms with Crippen LogP contribution < -0.4 is 16.0 Å². The first-order valence-corrected chi connectivity index (χ1v) is 15.9. The number of aromatic nitrogens is 2. The lowest BCUT2D eigenvalue weighted by Gasteiger charge is -2.34. The van der Waals surface area contributed by atoms with Crippen LogP contribution in [0.1, 0.15) is 42.9 Å². The summed E-state index contributed by atoms with van der Waals surface area (Å²) in [6.07, 6.45) is 4.74. The van der Waals surface area contributed by atoms with Gasteiger partial charge in [-0.2, -0.15) is 0 Å². The number of piperidine rings is 1. The molecule has 0 atom stereocenters. The van der Waals surface area contributed by atoms with Crippen LogP contribution in [0.3, 0.4) is 0 Å². The minimum absolute atomic E-state index is 0.0855. The summed E-state index contributed by atoms with van der Waals surface area (Å²) >= 11 is 0. The standard InChI is InChI=1S/C31H36N4O5S/c1-41(38,39)33-25-14-15-28-27(22-25)30(36)32-31(37)35(28)19-9-8-18-34-20-16-26(17-21-34)40-29(23-10-4-2-5-11-23)24-12-6-3-7-13-24/h2-7,10-15,22,26,29,33H,8-9,16-21H2,1H3,(H,32,36,37). The van der Waals surface area contributed by atoms with Crippen molar-refractivity contribution in [1.29, 1.82) is 0 Å². The third kappa shape index (κ3) is 7.52. The number of aryl methyl sites for hydroxylation is 1. The van der Waals surface area contributed by atoms with Gasteiger partial charge in [0.2, 0.25) is 10.0 Å². The van der Waals surface area contributed by atoms with Crippen molar-refractivity contribution in [3.8, 4) is 0 Å². The van der Waals surface area contributed by atoms with Crippen LogP contribution in [-0.2, 0) is 21.3 Å². The van der Waals surface area contributed by atoms with Gasteiger partial charge >= 0.3 is 5.69 Å². The molecule has 2 N–H and O–H groups in total. The molecule has 0 unspecified atom stereocenters. The van der Waals surface area contributed by atoms with Gasteiger partial charge in [-0.3, -0.25) is 19.1 Å². The second-order valence-electron chi connectivity index (χ2n) is 10.6. The first-order chi connectivity index (χ1) is 19.8. The summed E-state index contributed by atoms with van der Waals surface area (Å²) in [4.78, 5) is 29.8. The van der Waals surface area contributed by atoms with Crippen LogP contribution in [0.25, 0.3) is 10.9 Å². The molecule has 0 amide bonds. The molecule has 0 bridgehead atoms. The van der Waals surface area contributed by atoms with Gasteiger partial charge in [0.05, 0.1) is 23.3 Å². The van der Waals surface area contributed by atoms with Crippen LogP contribution in [0.5, 0.6) is 0 Å². The molecule has 41 heavy (non-hydrogen) atoms. The number of likely N-dealkylation sites (tertiary alicyclic amines) is 1. The van der Waals surface area contributed by atoms with E-state index in [0.717, 1.165) is 62.7 Å². The van der Waals surface area contributed by atoms with E-state index in [4.69, 9.17) is 4.74 Å². The van der Waals surface area contributed by atoms with Crippen LogP contribution in [0.2, 0.25) is 0 Å². The zero-order valence-corrected chi connectivity index (χ0v) is 24.0. The van der Waals surface area contributed by atoms with Crippen molar-refractivity contribution in [3.05, 3.63) is 111 Å². The number of hydrogen-bond acceptors (Lipinski definition) is 6. The Bertz CT molecular complexity index is 1640. The molecule has 0 aliphatic carbocycles. The van der Waals surface area contributed by atoms with E-state index in [2.05, 4.69) is 63.1 Å². The summed E-state index contributed by atoms with van der Waals surface area (Å²) in [5.74, 6) is 0. The summed E-state index contributed by atoms with van der Waals surface area (Å²) in [7, 11) is -3.48. The highest BCUT2D eigenvalue weighted by molar-refractivity contribution is 7.92. The molecule has 1 aliphatic rings. The molecule has 1 aromatic heterocycles. The predicted molar refractivity (Wildman–Crippen MR) is 162 cm³/mol. The van der Waals surface area contributed by atoms with Gasteiger partial charge in [0.25, 0.3) is 5.56 Å². The average Bonchev–Trinajstić information content (AvgIpc) is 2.96. The van der Waals surface area contributed by atoms with Gasteiger partial charge in [-0.25, -0.2) is 13.2 Å². The van der Waals surface area contributed by atoms with E-state index in [1.54, 1.807) is 16.7 Å². The van der Waals surface area contributed by atoms with E-state index in [9.17, 15) is 18.0 Å². The maximum Gasteiger partial charge on any atom is 0.328 e. The fraction of sp³-hybridized carbons (Fsp3) is 0.355. The number of benzene rings is 3. The Labute approximate surface area is 239 Å². The molecular weight excluding hydrogens is 540 g/mol. The average molecular weight is 577 g/mol. The summed E-state index contributed by atoms with van der Waals surface area (Å²) in [5, 5.41) is 0.268. The first kappa shape index (κ1) is 28.8. The highest BCUT2D eigenvalue weighted by Crippen LogP contribution is 2.30. The van der Waals surface area contributed by atoms with E-state index < -0.39 is 21.3 Å². The molecule has 0 radical (unpaired) electrons. The Hall–Kier alpha value is -3.73. The topological polar surface area (TPSA) is 114 Å². The molecule has 1 fully saturated rings. The fourth-order valence-electron chi connectivity index (χ4n) is 5.47. The third-order valence-electron chi connectivity index (χ3n) is 7.47. The number of ether oxygens (including phenoxy) is 1. The van der Waals surface area contributed by atoms with Gasteiger partial charge in [-0.05, 0) is 61.6 Å². The molecular formula is C31H36N4O5S. The van der Waals surface area contributed by atoms with Gasteiger partial charge in [0.1, 0.15) is 6.10 Å². The molecule has 3 aromatic carbocycles. The number of hydrogen-bond donors (Lipinski definition) is 2. The Morgan fingerprint density at radius 3 is 2.12 bits per heavy atom. The smallest absolute Gasteiger partial charge is 0.328 e. The van der Waals surface area contributed by atoms with Gasteiger partial charge in [-0.15, -0.1) is 0 Å². The largest absolute Gasteiger partial charge is 0.365 e. The third-order valence-corrected chi connectivity index (χ3v) is 8.08. The molecule has 0 spiro atoms. The lowest BCUT2D eigenvalue weighted by atomic mass is 10.00. The molecule has 10 heteroatoms. The number of nitrogens with zero attached hydrogens (tertiary/aromatic N) is 2. The predicted octanol–water partition coefficient (Wildman–Crippen LogP) is 4.11. The maximum absolute atomic E-state index is 12.6. The molecule has 2 heterocycles. The van der Waals surface area contributed by atoms with Gasteiger partial charge in [0, 0.05) is 25.3 Å². The second-order valence-corrected chi connectivity index (χ2v) is 12.4. The SMILES string of the molecule is CS(=O)(=O)Nc1ccc2c(c1)c(=O)[nH]c(=O)n2CCCCN1CCC(OC(c2ccccc2)c2ccccc2)CC1. The van der Waals surface area contributed by atoms with Crippen molar-refractivity contribution >= 4 is 26.6 Å². The van der Waals surface area contributed by atoms with Crippen LogP contribution >= 0.6 is 0 Å². The quantitative estimate of drug-likeness (QED) is 0.260. The van der Waals surface area contributed by atoms with Crippen molar-refractivity contribution in [1.82, 2.24) is 14.5 Å². The monoisotopic (exact) mass is 576 g/mol. The zero-order chi connectivity index (χ0) is 28.8. The van der Waals surface area contributed by atoms with Crippen LogP contribution in [0, 0.1) is 0 Å². The normalized spacial score (nSPS) is 15.0. The summed E-state index contributed by atoms with van der Waals surface area (Å²) in [6, 6.07) is 25.4. The summed E-state index contributed by atoms with van der Waals surface area (Å²) < 4.78 is 33.7. The maximum atomic E-state index is 12.6. The van der Waals surface area contributed by atoms with E-state index in [1.165, 1.54) is 6.07 Å². The number of H-pyrrole nitrogens is 1. The Morgan fingerprint density at radius 2 is 1.51 bits per heavy atom. The molecule has 9 nitrogen and oxygen atoms in total. The Kier molecular flexibility index (Phi) is 9.02. The lowest BCUT2D eigenvalue weighted by molar-refractivity contribution is -0.0271. The van der Waals surface area contributed by atoms with Crippen molar-refractivity contribution < 1.29 is 13.2 Å². The van der Waals surface area contributed by atoms with Crippen LogP contribution in [-0.4, -0.2) is 54.9 Å². The molecule has 4 aromatic rings. The number of sulfonamides is 1. The van der Waals surface area contributed by atoms with Crippen LogP contribution in [0.4, 0.5) is 5.69 Å². The zero-order valence-electron chi connectivity index (χ0n) is 23.2. The summed E-state index contributed by atoms with van der Waals surface area (Å²) in [5.41, 5.74) is 2.09. The number of anilines is 1. The molecule has 216 valence electrons. The summed E-state index contributed by atoms with van der Waals surface area (Å²) in [6.45, 7) is 3.30. The molecule has 1 saturated heterocycles. The molecule has 0 saturated carbocycles. The van der Waals surface area contributed by atoms with Crippen molar-refractivity contribution in [2.24, 2.45) is 0 Å². The van der Waals surface area contributed by atoms with Crippen molar-refractivity contribution in [3.63, 3.8) is 0 Å². The number of fused-ring (bicyclic) bond motifs is 1. The fourth-order valence-corrected chi connectivity index (χ4v) is 6.02. The Morgan fingerprint density at radius 1 is 0.902 bits per heavy atom. The van der Waals surface area contributed by atoms with Gasteiger partial charge in [0.15, 0.2) is 0 Å². The number of aromatic amines is 1. The number of unbranched alkanes of at least 4 members (excludes halogenated alkanes) is 1. The minimum atomic E-state index is -3.48. The minimum Gasteiger partial charge on any atom is -0.365 e.